The number of halogens is 3. The minimum atomic E-state index is -4.91. The third kappa shape index (κ3) is 5.14. The Balaban J connectivity index is 1.65. The number of imidazole rings is 1. The van der Waals surface area contributed by atoms with Gasteiger partial charge in [0.25, 0.3) is 0 Å². The topological polar surface area (TPSA) is 134 Å². The number of hydrogen-bond acceptors (Lipinski definition) is 7. The second kappa shape index (κ2) is 8.95. The van der Waals surface area contributed by atoms with Gasteiger partial charge >= 0.3 is 12.1 Å². The minimum Gasteiger partial charge on any atom is -0.471 e. The number of nitrogen functional groups attached to an aromatic ring is 1. The van der Waals surface area contributed by atoms with Crippen molar-refractivity contribution in [1.29, 1.82) is 0 Å². The van der Waals surface area contributed by atoms with Crippen LogP contribution in [-0.4, -0.2) is 38.1 Å². The van der Waals surface area contributed by atoms with Crippen molar-refractivity contribution < 1.29 is 22.7 Å². The van der Waals surface area contributed by atoms with Crippen molar-refractivity contribution >= 4 is 23.0 Å². The van der Waals surface area contributed by atoms with Gasteiger partial charge in [-0.1, -0.05) is 24.3 Å². The highest BCUT2D eigenvalue weighted by Crippen LogP contribution is 2.23. The van der Waals surface area contributed by atoms with Crippen LogP contribution < -0.4 is 21.5 Å². The number of amides is 1. The van der Waals surface area contributed by atoms with Crippen LogP contribution in [0.15, 0.2) is 30.6 Å². The summed E-state index contributed by atoms with van der Waals surface area (Å²) in [5, 5.41) is 1.81. The van der Waals surface area contributed by atoms with E-state index in [1.54, 1.807) is 30.6 Å². The smallest absolute Gasteiger partial charge is 0.471 e. The first-order chi connectivity index (χ1) is 14.3. The van der Waals surface area contributed by atoms with Crippen LogP contribution in [0.3, 0.4) is 0 Å². The van der Waals surface area contributed by atoms with E-state index in [-0.39, 0.29) is 25.0 Å². The number of aromatic nitrogens is 4. The Hall–Kier alpha value is -3.41. The fourth-order valence-electron chi connectivity index (χ4n) is 2.65. The maximum absolute atomic E-state index is 12.2. The summed E-state index contributed by atoms with van der Waals surface area (Å²) < 4.78 is 44.2. The lowest BCUT2D eigenvalue weighted by Gasteiger charge is -2.09. The van der Waals surface area contributed by atoms with Crippen LogP contribution in [0.25, 0.3) is 11.2 Å². The van der Waals surface area contributed by atoms with Crippen molar-refractivity contribution in [2.24, 2.45) is 5.73 Å². The molecule has 0 saturated heterocycles. The molecule has 1 aromatic carbocycles. The van der Waals surface area contributed by atoms with Gasteiger partial charge in [0.2, 0.25) is 11.8 Å². The zero-order valence-corrected chi connectivity index (χ0v) is 15.8. The number of fused-ring (bicyclic) bond motifs is 1. The van der Waals surface area contributed by atoms with Crippen LogP contribution >= 0.6 is 0 Å². The first-order valence-electron chi connectivity index (χ1n) is 9.02. The number of nitrogens with zero attached hydrogens (tertiary/aromatic N) is 4. The van der Waals surface area contributed by atoms with E-state index in [0.29, 0.717) is 29.8 Å². The predicted molar refractivity (Wildman–Crippen MR) is 102 cm³/mol. The molecule has 0 fully saturated rings. The average molecular weight is 423 g/mol. The van der Waals surface area contributed by atoms with Crippen LogP contribution in [0.5, 0.6) is 5.88 Å². The van der Waals surface area contributed by atoms with Gasteiger partial charge in [0.1, 0.15) is 6.61 Å². The van der Waals surface area contributed by atoms with Crippen molar-refractivity contribution in [3.05, 3.63) is 41.7 Å². The molecule has 2 aromatic heterocycles. The van der Waals surface area contributed by atoms with Crippen molar-refractivity contribution in [3.63, 3.8) is 0 Å². The Morgan fingerprint density at radius 1 is 1.17 bits per heavy atom. The van der Waals surface area contributed by atoms with E-state index in [1.807, 2.05) is 9.88 Å². The first-order valence-corrected chi connectivity index (χ1v) is 9.02. The van der Waals surface area contributed by atoms with Gasteiger partial charge in [-0.25, -0.2) is 4.98 Å². The third-order valence-corrected chi connectivity index (χ3v) is 4.16. The van der Waals surface area contributed by atoms with Gasteiger partial charge in [0.15, 0.2) is 11.2 Å². The number of nitrogens with one attached hydrogen (secondary N) is 1. The molecule has 3 rings (SSSR count). The molecule has 0 radical (unpaired) electrons. The van der Waals surface area contributed by atoms with Crippen LogP contribution in [0.4, 0.5) is 19.1 Å². The van der Waals surface area contributed by atoms with Crippen LogP contribution in [0, 0.1) is 0 Å². The molecular formula is C18H20F3N7O2. The molecule has 0 unspecified atom stereocenters. The Kier molecular flexibility index (Phi) is 6.35. The first kappa shape index (κ1) is 21.3. The largest absolute Gasteiger partial charge is 0.471 e. The molecule has 12 heteroatoms. The molecule has 0 aliphatic carbocycles. The molecular weight excluding hydrogens is 403 g/mol. The second-order valence-electron chi connectivity index (χ2n) is 6.42. The monoisotopic (exact) mass is 423 g/mol. The highest BCUT2D eigenvalue weighted by Gasteiger charge is 2.38. The van der Waals surface area contributed by atoms with Gasteiger partial charge in [-0.15, -0.1) is 0 Å². The molecule has 0 bridgehead atoms. The number of nitrogens with two attached hydrogens (primary N) is 2. The zero-order chi connectivity index (χ0) is 21.7. The lowest BCUT2D eigenvalue weighted by molar-refractivity contribution is -0.173. The summed E-state index contributed by atoms with van der Waals surface area (Å²) in [7, 11) is 0. The number of aryl methyl sites for hydroxylation is 1. The number of hydrogen-bond donors (Lipinski definition) is 3. The Morgan fingerprint density at radius 2 is 1.87 bits per heavy atom. The standard InChI is InChI=1S/C18H20F3N7O2/c19-18(20,21)16(29)24-8-11-2-4-12(5-3-11)9-30-15-13-14(26-17(23)27-15)28(10-25-13)7-1-6-22/h2-5,10H,1,6-9,22H2,(H,24,29)(H2,23,26,27). The van der Waals surface area contributed by atoms with Crippen molar-refractivity contribution in [1.82, 2.24) is 24.8 Å². The number of carbonyl (C=O) groups is 1. The normalized spacial score (nSPS) is 11.6. The third-order valence-electron chi connectivity index (χ3n) is 4.16. The number of alkyl halides is 3. The SMILES string of the molecule is NCCCn1cnc2c(OCc3ccc(CNC(=O)C(F)(F)F)cc3)nc(N)nc21. The highest BCUT2D eigenvalue weighted by atomic mass is 19.4. The minimum absolute atomic E-state index is 0.0442. The van der Waals surface area contributed by atoms with Gasteiger partial charge < -0.3 is 26.1 Å². The van der Waals surface area contributed by atoms with E-state index in [2.05, 4.69) is 15.0 Å². The van der Waals surface area contributed by atoms with Crippen LogP contribution in [0.2, 0.25) is 0 Å². The quantitative estimate of drug-likeness (QED) is 0.500. The van der Waals surface area contributed by atoms with Gasteiger partial charge in [-0.2, -0.15) is 23.1 Å². The molecule has 0 atom stereocenters. The summed E-state index contributed by atoms with van der Waals surface area (Å²) in [4.78, 5) is 23.4. The predicted octanol–water partition coefficient (Wildman–Crippen LogP) is 1.51. The maximum Gasteiger partial charge on any atom is 0.471 e. The lowest BCUT2D eigenvalue weighted by atomic mass is 10.1. The summed E-state index contributed by atoms with van der Waals surface area (Å²) in [6.45, 7) is 1.06. The molecule has 30 heavy (non-hydrogen) atoms. The number of benzene rings is 1. The molecule has 2 heterocycles. The van der Waals surface area contributed by atoms with Crippen LogP contribution in [0.1, 0.15) is 17.5 Å². The molecule has 1 amide bonds. The number of anilines is 1. The summed E-state index contributed by atoms with van der Waals surface area (Å²) in [6, 6.07) is 6.55. The number of ether oxygens (including phenoxy) is 1. The molecule has 0 saturated carbocycles. The Labute approximate surface area is 169 Å². The molecule has 160 valence electrons. The van der Waals surface area contributed by atoms with E-state index in [9.17, 15) is 18.0 Å². The highest BCUT2D eigenvalue weighted by molar-refractivity contribution is 5.81. The molecule has 0 aliphatic heterocycles. The van der Waals surface area contributed by atoms with E-state index >= 15 is 0 Å². The van der Waals surface area contributed by atoms with Gasteiger partial charge in [-0.05, 0) is 24.1 Å². The van der Waals surface area contributed by atoms with Gasteiger partial charge in [0.05, 0.1) is 6.33 Å². The Morgan fingerprint density at radius 3 is 2.53 bits per heavy atom. The van der Waals surface area contributed by atoms with Crippen molar-refractivity contribution in [2.45, 2.75) is 32.3 Å². The Bertz CT molecular complexity index is 1020. The number of rotatable bonds is 8. The second-order valence-corrected chi connectivity index (χ2v) is 6.42. The molecule has 0 spiro atoms. The molecule has 0 aliphatic rings. The maximum atomic E-state index is 12.2. The number of carbonyl (C=O) groups excluding carboxylic acids is 1. The van der Waals surface area contributed by atoms with E-state index in [4.69, 9.17) is 16.2 Å². The summed E-state index contributed by atoms with van der Waals surface area (Å²) >= 11 is 0. The van der Waals surface area contributed by atoms with Gasteiger partial charge in [0, 0.05) is 13.1 Å². The van der Waals surface area contributed by atoms with Crippen LogP contribution in [-0.2, 0) is 24.5 Å². The summed E-state index contributed by atoms with van der Waals surface area (Å²) in [6.07, 6.45) is -2.54. The lowest BCUT2D eigenvalue weighted by Crippen LogP contribution is -2.36. The average Bonchev–Trinajstić information content (AvgIpc) is 3.11. The van der Waals surface area contributed by atoms with E-state index in [0.717, 1.165) is 12.0 Å². The van der Waals surface area contributed by atoms with Gasteiger partial charge in [-0.3, -0.25) is 4.79 Å². The summed E-state index contributed by atoms with van der Waals surface area (Å²) in [5.74, 6) is -1.71. The molecule has 9 nitrogen and oxygen atoms in total. The van der Waals surface area contributed by atoms with E-state index < -0.39 is 12.1 Å². The molecule has 3 aromatic rings. The molecule has 5 N–H and O–H groups in total. The zero-order valence-electron chi connectivity index (χ0n) is 15.8. The van der Waals surface area contributed by atoms with E-state index in [1.165, 1.54) is 0 Å². The van der Waals surface area contributed by atoms with Crippen molar-refractivity contribution in [3.8, 4) is 5.88 Å². The fourth-order valence-corrected chi connectivity index (χ4v) is 2.65. The fraction of sp³-hybridized carbons (Fsp3) is 0.333. The van der Waals surface area contributed by atoms with Crippen molar-refractivity contribution in [2.75, 3.05) is 12.3 Å². The summed E-state index contributed by atoms with van der Waals surface area (Å²) in [5.41, 5.74) is 13.6.